The fraction of sp³-hybridized carbons (Fsp3) is 0.258. The number of rotatable bonds is 14. The minimum atomic E-state index is 0.695. The molecule has 0 aliphatic rings. The molecule has 4 heteroatoms. The van der Waals surface area contributed by atoms with Gasteiger partial charge < -0.3 is 15.4 Å². The first kappa shape index (κ1) is 27.6. The lowest BCUT2D eigenvalue weighted by molar-refractivity contribution is -0.104. The van der Waals surface area contributed by atoms with E-state index in [4.69, 9.17) is 4.74 Å². The minimum absolute atomic E-state index is 0.695. The van der Waals surface area contributed by atoms with E-state index < -0.39 is 0 Å². The van der Waals surface area contributed by atoms with Crippen molar-refractivity contribution < 1.29 is 9.53 Å². The van der Waals surface area contributed by atoms with Crippen LogP contribution < -0.4 is 15.4 Å². The number of carbonyl (C=O) groups excluding carboxylic acids is 1. The van der Waals surface area contributed by atoms with Crippen molar-refractivity contribution in [2.24, 2.45) is 0 Å². The average Bonchev–Trinajstić information content (AvgIpc) is 2.87. The summed E-state index contributed by atoms with van der Waals surface area (Å²) in [7, 11) is 1.68. The number of nitrogens with one attached hydrogen (secondary N) is 2. The van der Waals surface area contributed by atoms with Crippen LogP contribution in [0.2, 0.25) is 0 Å². The molecule has 0 aromatic heterocycles. The van der Waals surface area contributed by atoms with Crippen LogP contribution in [0.25, 0.3) is 5.57 Å². The Labute approximate surface area is 210 Å². The molecule has 0 heterocycles. The summed E-state index contributed by atoms with van der Waals surface area (Å²) in [5.74, 6) is 0.862. The molecule has 0 aliphatic carbocycles. The normalized spacial score (nSPS) is 12.3. The second-order valence-electron chi connectivity index (χ2n) is 8.41. The highest BCUT2D eigenvalue weighted by atomic mass is 16.5. The van der Waals surface area contributed by atoms with Gasteiger partial charge in [-0.1, -0.05) is 69.0 Å². The molecule has 0 unspecified atom stereocenters. The van der Waals surface area contributed by atoms with E-state index in [1.807, 2.05) is 50.3 Å². The molecule has 2 aromatic rings. The summed E-state index contributed by atoms with van der Waals surface area (Å²) in [4.78, 5) is 11.3. The van der Waals surface area contributed by atoms with Gasteiger partial charge in [0.15, 0.2) is 0 Å². The van der Waals surface area contributed by atoms with Crippen LogP contribution in [0, 0.1) is 0 Å². The molecule has 4 nitrogen and oxygen atoms in total. The van der Waals surface area contributed by atoms with Crippen molar-refractivity contribution in [2.45, 2.75) is 46.7 Å². The zero-order chi connectivity index (χ0) is 25.6. The molecule has 0 spiro atoms. The molecular formula is C31H38N2O2. The molecule has 0 aliphatic heterocycles. The number of hydrogen-bond donors (Lipinski definition) is 2. The van der Waals surface area contributed by atoms with Crippen molar-refractivity contribution in [3.05, 3.63) is 119 Å². The summed E-state index contributed by atoms with van der Waals surface area (Å²) in [6.45, 7) is 15.9. The number of benzene rings is 2. The van der Waals surface area contributed by atoms with Gasteiger partial charge in [-0.3, -0.25) is 4.79 Å². The second kappa shape index (κ2) is 14.6. The molecule has 0 saturated heterocycles. The Balaban J connectivity index is 2.12. The summed E-state index contributed by atoms with van der Waals surface area (Å²) in [5.41, 5.74) is 7.56. The maximum Gasteiger partial charge on any atom is 0.147 e. The van der Waals surface area contributed by atoms with E-state index in [0.717, 1.165) is 66.1 Å². The molecule has 35 heavy (non-hydrogen) atoms. The van der Waals surface area contributed by atoms with Gasteiger partial charge in [-0.25, -0.2) is 0 Å². The third kappa shape index (κ3) is 8.91. The molecule has 2 aromatic carbocycles. The highest BCUT2D eigenvalue weighted by molar-refractivity contribution is 5.75. The van der Waals surface area contributed by atoms with Crippen LogP contribution in [-0.2, 0) is 17.9 Å². The minimum Gasteiger partial charge on any atom is -0.497 e. The van der Waals surface area contributed by atoms with Crippen LogP contribution in [-0.4, -0.2) is 13.4 Å². The first-order chi connectivity index (χ1) is 16.9. The van der Waals surface area contributed by atoms with Crippen LogP contribution in [0.4, 0.5) is 0 Å². The predicted octanol–water partition coefficient (Wildman–Crippen LogP) is 6.88. The van der Waals surface area contributed by atoms with Crippen molar-refractivity contribution in [3.8, 4) is 5.75 Å². The third-order valence-corrected chi connectivity index (χ3v) is 5.57. The van der Waals surface area contributed by atoms with Crippen LogP contribution in [0.15, 0.2) is 102 Å². The summed E-state index contributed by atoms with van der Waals surface area (Å²) in [6.07, 6.45) is 8.61. The topological polar surface area (TPSA) is 50.4 Å². The van der Waals surface area contributed by atoms with E-state index >= 15 is 0 Å². The Kier molecular flexibility index (Phi) is 11.5. The first-order valence-electron chi connectivity index (χ1n) is 12.0. The van der Waals surface area contributed by atoms with E-state index in [1.165, 1.54) is 11.1 Å². The lowest BCUT2D eigenvalue weighted by Crippen LogP contribution is -2.15. The number of carbonyl (C=O) groups is 1. The lowest BCUT2D eigenvalue weighted by atomic mass is 10.0. The van der Waals surface area contributed by atoms with E-state index in [0.29, 0.717) is 5.57 Å². The van der Waals surface area contributed by atoms with Gasteiger partial charge >= 0.3 is 0 Å². The highest BCUT2D eigenvalue weighted by Crippen LogP contribution is 2.21. The Bertz CT molecular complexity index is 1120. The Morgan fingerprint density at radius 2 is 1.74 bits per heavy atom. The lowest BCUT2D eigenvalue weighted by Gasteiger charge is -2.16. The van der Waals surface area contributed by atoms with Crippen molar-refractivity contribution in [1.82, 2.24) is 10.6 Å². The Morgan fingerprint density at radius 1 is 1.06 bits per heavy atom. The van der Waals surface area contributed by atoms with Crippen LogP contribution in [0.3, 0.4) is 0 Å². The molecule has 0 radical (unpaired) electrons. The van der Waals surface area contributed by atoms with Gasteiger partial charge in [0.25, 0.3) is 0 Å². The summed E-state index contributed by atoms with van der Waals surface area (Å²) in [5, 5.41) is 6.84. The van der Waals surface area contributed by atoms with Crippen molar-refractivity contribution >= 4 is 11.9 Å². The zero-order valence-corrected chi connectivity index (χ0v) is 21.5. The molecule has 184 valence electrons. The van der Waals surface area contributed by atoms with E-state index in [2.05, 4.69) is 61.0 Å². The molecular weight excluding hydrogens is 432 g/mol. The molecule has 0 bridgehead atoms. The smallest absolute Gasteiger partial charge is 0.147 e. The Morgan fingerprint density at radius 3 is 2.37 bits per heavy atom. The summed E-state index contributed by atoms with van der Waals surface area (Å²) < 4.78 is 5.30. The quantitative estimate of drug-likeness (QED) is 0.180. The van der Waals surface area contributed by atoms with Crippen molar-refractivity contribution in [3.63, 3.8) is 0 Å². The zero-order valence-electron chi connectivity index (χ0n) is 21.5. The monoisotopic (exact) mass is 470 g/mol. The van der Waals surface area contributed by atoms with Gasteiger partial charge in [0.1, 0.15) is 12.0 Å². The fourth-order valence-electron chi connectivity index (χ4n) is 3.63. The molecule has 2 rings (SSSR count). The SMILES string of the molecule is C=C(N/C(CCC)=C(\C)C=O)C(/C=C\C)=C/C(=C)c1cccc(CNCc2cccc(OC)c2)c1. The largest absolute Gasteiger partial charge is 0.497 e. The van der Waals surface area contributed by atoms with Gasteiger partial charge in [-0.2, -0.15) is 0 Å². The molecule has 0 saturated carbocycles. The van der Waals surface area contributed by atoms with E-state index in [-0.39, 0.29) is 0 Å². The first-order valence-corrected chi connectivity index (χ1v) is 12.0. The summed E-state index contributed by atoms with van der Waals surface area (Å²) in [6, 6.07) is 16.4. The molecule has 2 N–H and O–H groups in total. The molecule has 0 fully saturated rings. The number of ether oxygens (including phenoxy) is 1. The van der Waals surface area contributed by atoms with Crippen molar-refractivity contribution in [2.75, 3.05) is 7.11 Å². The van der Waals surface area contributed by atoms with Crippen LogP contribution >= 0.6 is 0 Å². The number of hydrogen-bond acceptors (Lipinski definition) is 4. The number of aldehydes is 1. The maximum absolute atomic E-state index is 11.3. The van der Waals surface area contributed by atoms with Gasteiger partial charge in [0.05, 0.1) is 7.11 Å². The summed E-state index contributed by atoms with van der Waals surface area (Å²) >= 11 is 0. The fourth-order valence-corrected chi connectivity index (χ4v) is 3.63. The van der Waals surface area contributed by atoms with Gasteiger partial charge in [0, 0.05) is 30.1 Å². The second-order valence-corrected chi connectivity index (χ2v) is 8.41. The van der Waals surface area contributed by atoms with Gasteiger partial charge in [-0.15, -0.1) is 0 Å². The number of methoxy groups -OCH3 is 1. The Hall–Kier alpha value is -3.63. The predicted molar refractivity (Wildman–Crippen MR) is 148 cm³/mol. The van der Waals surface area contributed by atoms with Crippen LogP contribution in [0.1, 0.15) is 50.3 Å². The standard InChI is InChI=1S/C31H38N2O2/c1-7-11-29(25(5)33-31(12-8-2)24(4)22-34)17-23(3)28-15-9-13-26(18-28)20-32-21-27-14-10-16-30(19-27)35-6/h7,9-11,13-19,22,32-33H,3,5,8,12,20-21H2,1-2,4,6H3/b11-7-,29-17+,31-24+. The van der Waals surface area contributed by atoms with Gasteiger partial charge in [-0.05, 0) is 72.4 Å². The average molecular weight is 471 g/mol. The number of allylic oxidation sites excluding steroid dienone is 6. The maximum atomic E-state index is 11.3. The highest BCUT2D eigenvalue weighted by Gasteiger charge is 2.07. The molecule has 0 amide bonds. The van der Waals surface area contributed by atoms with Crippen molar-refractivity contribution in [1.29, 1.82) is 0 Å². The van der Waals surface area contributed by atoms with Crippen LogP contribution in [0.5, 0.6) is 5.75 Å². The van der Waals surface area contributed by atoms with E-state index in [9.17, 15) is 4.79 Å². The van der Waals surface area contributed by atoms with E-state index in [1.54, 1.807) is 7.11 Å². The molecule has 0 atom stereocenters. The van der Waals surface area contributed by atoms with Gasteiger partial charge in [0.2, 0.25) is 0 Å². The third-order valence-electron chi connectivity index (χ3n) is 5.57.